The molecule has 2 aromatic rings. The van der Waals surface area contributed by atoms with Gasteiger partial charge in [0, 0.05) is 15.6 Å². The maximum Gasteiger partial charge on any atom is 0.195 e. The van der Waals surface area contributed by atoms with Gasteiger partial charge in [0.05, 0.1) is 19.2 Å². The summed E-state index contributed by atoms with van der Waals surface area (Å²) in [6, 6.07) is 6.81. The number of carbonyl (C=O) groups excluding carboxylic acids is 1. The van der Waals surface area contributed by atoms with Crippen molar-refractivity contribution in [2.75, 3.05) is 14.2 Å². The van der Waals surface area contributed by atoms with E-state index in [1.165, 1.54) is 26.4 Å². The van der Waals surface area contributed by atoms with Gasteiger partial charge in [-0.3, -0.25) is 4.79 Å². The summed E-state index contributed by atoms with van der Waals surface area (Å²) in [5, 5.41) is 0.0571. The minimum absolute atomic E-state index is 0.0571. The van der Waals surface area contributed by atoms with Crippen molar-refractivity contribution in [3.05, 3.63) is 56.8 Å². The lowest BCUT2D eigenvalue weighted by atomic mass is 10.0. The maximum absolute atomic E-state index is 13.1. The lowest BCUT2D eigenvalue weighted by Crippen LogP contribution is -2.05. The first-order valence-electron chi connectivity index (χ1n) is 5.89. The summed E-state index contributed by atoms with van der Waals surface area (Å²) in [6.07, 6.45) is 0. The van der Waals surface area contributed by atoms with E-state index in [0.29, 0.717) is 21.5 Å². The Bertz CT molecular complexity index is 704. The summed E-state index contributed by atoms with van der Waals surface area (Å²) >= 11 is 9.24. The molecule has 110 valence electrons. The van der Waals surface area contributed by atoms with E-state index in [9.17, 15) is 9.18 Å². The van der Waals surface area contributed by atoms with Crippen LogP contribution in [-0.4, -0.2) is 20.0 Å². The highest BCUT2D eigenvalue weighted by atomic mass is 79.9. The van der Waals surface area contributed by atoms with Gasteiger partial charge < -0.3 is 9.47 Å². The molecule has 0 aromatic heterocycles. The Morgan fingerprint density at radius 3 is 2.29 bits per heavy atom. The fourth-order valence-electron chi connectivity index (χ4n) is 1.85. The highest BCUT2D eigenvalue weighted by Gasteiger charge is 2.19. The van der Waals surface area contributed by atoms with E-state index < -0.39 is 5.82 Å². The molecule has 0 atom stereocenters. The molecule has 0 bridgehead atoms. The number of halogens is 3. The Morgan fingerprint density at radius 1 is 1.10 bits per heavy atom. The molecular formula is C15H11BrClFO3. The second-order valence-corrected chi connectivity index (χ2v) is 5.40. The molecule has 0 aliphatic carbocycles. The normalized spacial score (nSPS) is 10.3. The van der Waals surface area contributed by atoms with Crippen molar-refractivity contribution >= 4 is 33.3 Å². The minimum atomic E-state index is -0.497. The first-order chi connectivity index (χ1) is 9.97. The molecule has 3 nitrogen and oxygen atoms in total. The summed E-state index contributed by atoms with van der Waals surface area (Å²) in [7, 11) is 2.98. The molecular weight excluding hydrogens is 363 g/mol. The molecule has 0 aliphatic rings. The van der Waals surface area contributed by atoms with Gasteiger partial charge in [0.2, 0.25) is 0 Å². The summed E-state index contributed by atoms with van der Waals surface area (Å²) in [6.45, 7) is 0. The molecule has 2 rings (SSSR count). The van der Waals surface area contributed by atoms with Gasteiger partial charge in [-0.15, -0.1) is 0 Å². The van der Waals surface area contributed by atoms with Gasteiger partial charge in [0.25, 0.3) is 0 Å². The second kappa shape index (κ2) is 6.45. The third-order valence-corrected chi connectivity index (χ3v) is 3.86. The highest BCUT2D eigenvalue weighted by Crippen LogP contribution is 2.35. The molecule has 6 heteroatoms. The zero-order valence-corrected chi connectivity index (χ0v) is 13.6. The van der Waals surface area contributed by atoms with Crippen LogP contribution in [0.5, 0.6) is 11.5 Å². The van der Waals surface area contributed by atoms with Crippen LogP contribution in [-0.2, 0) is 0 Å². The van der Waals surface area contributed by atoms with E-state index >= 15 is 0 Å². The number of hydrogen-bond donors (Lipinski definition) is 0. The molecule has 21 heavy (non-hydrogen) atoms. The van der Waals surface area contributed by atoms with Crippen LogP contribution in [0.25, 0.3) is 0 Å². The number of methoxy groups -OCH3 is 2. The predicted octanol–water partition coefficient (Wildman–Crippen LogP) is 4.49. The number of rotatable bonds is 4. The molecule has 0 unspecified atom stereocenters. The molecule has 0 heterocycles. The van der Waals surface area contributed by atoms with Crippen molar-refractivity contribution in [2.45, 2.75) is 0 Å². The average Bonchev–Trinajstić information content (AvgIpc) is 2.46. The molecule has 0 radical (unpaired) electrons. The Morgan fingerprint density at radius 2 is 1.71 bits per heavy atom. The molecule has 0 saturated heterocycles. The van der Waals surface area contributed by atoms with Crippen LogP contribution in [0.2, 0.25) is 5.02 Å². The zero-order valence-electron chi connectivity index (χ0n) is 11.2. The molecule has 0 fully saturated rings. The monoisotopic (exact) mass is 372 g/mol. The number of ether oxygens (including phenoxy) is 2. The summed E-state index contributed by atoms with van der Waals surface area (Å²) < 4.78 is 23.9. The standard InChI is InChI=1S/C15H11BrClFO3/c1-20-13-6-10(11(16)7-14(13)21-2)15(19)9-4-3-8(18)5-12(9)17/h3-7H,1-2H3. The number of carbonyl (C=O) groups is 1. The van der Waals surface area contributed by atoms with Crippen LogP contribution in [0, 0.1) is 5.82 Å². The quantitative estimate of drug-likeness (QED) is 0.741. The van der Waals surface area contributed by atoms with E-state index in [-0.39, 0.29) is 16.4 Å². The van der Waals surface area contributed by atoms with Gasteiger partial charge >= 0.3 is 0 Å². The van der Waals surface area contributed by atoms with E-state index in [1.54, 1.807) is 12.1 Å². The number of hydrogen-bond acceptors (Lipinski definition) is 3. The Hall–Kier alpha value is -1.59. The van der Waals surface area contributed by atoms with Crippen molar-refractivity contribution in [1.29, 1.82) is 0 Å². The van der Waals surface area contributed by atoms with Gasteiger partial charge in [-0.1, -0.05) is 11.6 Å². The summed E-state index contributed by atoms with van der Waals surface area (Å²) in [4.78, 5) is 12.5. The number of ketones is 1. The van der Waals surface area contributed by atoms with Crippen LogP contribution in [0.3, 0.4) is 0 Å². The lowest BCUT2D eigenvalue weighted by molar-refractivity contribution is 0.103. The van der Waals surface area contributed by atoms with E-state index in [1.807, 2.05) is 0 Å². The van der Waals surface area contributed by atoms with Crippen molar-refractivity contribution in [3.63, 3.8) is 0 Å². The highest BCUT2D eigenvalue weighted by molar-refractivity contribution is 9.10. The van der Waals surface area contributed by atoms with Crippen LogP contribution in [0.1, 0.15) is 15.9 Å². The third kappa shape index (κ3) is 3.19. The van der Waals surface area contributed by atoms with Crippen LogP contribution >= 0.6 is 27.5 Å². The van der Waals surface area contributed by atoms with Crippen molar-refractivity contribution in [1.82, 2.24) is 0 Å². The SMILES string of the molecule is COc1cc(Br)c(C(=O)c2ccc(F)cc2Cl)cc1OC. The molecule has 0 N–H and O–H groups in total. The molecule has 2 aromatic carbocycles. The average molecular weight is 374 g/mol. The van der Waals surface area contributed by atoms with Gasteiger partial charge in [0.1, 0.15) is 5.82 Å². The van der Waals surface area contributed by atoms with Gasteiger partial charge in [-0.2, -0.15) is 0 Å². The second-order valence-electron chi connectivity index (χ2n) is 4.14. The first-order valence-corrected chi connectivity index (χ1v) is 7.06. The van der Waals surface area contributed by atoms with E-state index in [4.69, 9.17) is 21.1 Å². The van der Waals surface area contributed by atoms with Crippen molar-refractivity contribution < 1.29 is 18.7 Å². The maximum atomic E-state index is 13.1. The Balaban J connectivity index is 2.53. The lowest BCUT2D eigenvalue weighted by Gasteiger charge is -2.12. The van der Waals surface area contributed by atoms with Crippen LogP contribution in [0.15, 0.2) is 34.8 Å². The Labute approximate surface area is 134 Å². The predicted molar refractivity (Wildman–Crippen MR) is 82.1 cm³/mol. The fourth-order valence-corrected chi connectivity index (χ4v) is 2.60. The smallest absolute Gasteiger partial charge is 0.195 e. The van der Waals surface area contributed by atoms with Crippen molar-refractivity contribution in [2.24, 2.45) is 0 Å². The van der Waals surface area contributed by atoms with Crippen LogP contribution < -0.4 is 9.47 Å². The van der Waals surface area contributed by atoms with Crippen LogP contribution in [0.4, 0.5) is 4.39 Å². The summed E-state index contributed by atoms with van der Waals surface area (Å²) in [5.41, 5.74) is 0.562. The molecule has 0 spiro atoms. The van der Waals surface area contributed by atoms with Gasteiger partial charge in [-0.05, 0) is 46.3 Å². The Kier molecular flexibility index (Phi) is 4.85. The van der Waals surface area contributed by atoms with E-state index in [0.717, 1.165) is 6.07 Å². The molecule has 0 aliphatic heterocycles. The van der Waals surface area contributed by atoms with Gasteiger partial charge in [0.15, 0.2) is 17.3 Å². The first kappa shape index (κ1) is 15.8. The van der Waals surface area contributed by atoms with E-state index in [2.05, 4.69) is 15.9 Å². The summed E-state index contributed by atoms with van der Waals surface area (Å²) in [5.74, 6) is 0.0733. The third-order valence-electron chi connectivity index (χ3n) is 2.89. The fraction of sp³-hybridized carbons (Fsp3) is 0.133. The minimum Gasteiger partial charge on any atom is -0.493 e. The topological polar surface area (TPSA) is 35.5 Å². The largest absolute Gasteiger partial charge is 0.493 e. The number of benzene rings is 2. The zero-order chi connectivity index (χ0) is 15.6. The molecule has 0 amide bonds. The van der Waals surface area contributed by atoms with Crippen molar-refractivity contribution in [3.8, 4) is 11.5 Å². The van der Waals surface area contributed by atoms with Gasteiger partial charge in [-0.25, -0.2) is 4.39 Å². The molecule has 0 saturated carbocycles.